The van der Waals surface area contributed by atoms with E-state index >= 15 is 0 Å². The van der Waals surface area contributed by atoms with Gasteiger partial charge in [-0.15, -0.1) is 12.4 Å². The Morgan fingerprint density at radius 2 is 2.06 bits per heavy atom. The number of nitrogens with one attached hydrogen (secondary N) is 1. The molecule has 1 rings (SSSR count). The zero-order valence-corrected chi connectivity index (χ0v) is 12.1. The largest absolute Gasteiger partial charge is 0.352 e. The van der Waals surface area contributed by atoms with Gasteiger partial charge in [-0.2, -0.15) is 0 Å². The smallest absolute Gasteiger partial charge is 0.220 e. The molecule has 0 bridgehead atoms. The minimum atomic E-state index is 0. The Morgan fingerprint density at radius 1 is 1.39 bits per heavy atom. The highest BCUT2D eigenvalue weighted by Gasteiger charge is 2.06. The normalized spacial score (nSPS) is 11.6. The van der Waals surface area contributed by atoms with Crippen LogP contribution in [0.4, 0.5) is 0 Å². The summed E-state index contributed by atoms with van der Waals surface area (Å²) in [6, 6.07) is 6.39. The van der Waals surface area contributed by atoms with E-state index in [0.29, 0.717) is 13.0 Å². The highest BCUT2D eigenvalue weighted by molar-refractivity contribution is 5.85. The van der Waals surface area contributed by atoms with Crippen LogP contribution < -0.4 is 11.1 Å². The average molecular weight is 271 g/mol. The van der Waals surface area contributed by atoms with Gasteiger partial charge in [-0.05, 0) is 38.3 Å². The first-order valence-corrected chi connectivity index (χ1v) is 6.08. The van der Waals surface area contributed by atoms with Crippen molar-refractivity contribution in [3.8, 4) is 0 Å². The van der Waals surface area contributed by atoms with E-state index in [9.17, 15) is 4.79 Å². The highest BCUT2D eigenvalue weighted by Crippen LogP contribution is 2.12. The zero-order valence-electron chi connectivity index (χ0n) is 11.3. The number of nitrogens with two attached hydrogens (primary N) is 1. The van der Waals surface area contributed by atoms with Crippen LogP contribution in [0.1, 0.15) is 30.0 Å². The molecule has 3 nitrogen and oxygen atoms in total. The van der Waals surface area contributed by atoms with Gasteiger partial charge in [0.15, 0.2) is 0 Å². The van der Waals surface area contributed by atoms with Crippen LogP contribution in [-0.2, 0) is 11.2 Å². The predicted molar refractivity (Wildman–Crippen MR) is 78.1 cm³/mol. The Hall–Kier alpha value is -1.06. The van der Waals surface area contributed by atoms with Crippen LogP contribution in [0, 0.1) is 13.8 Å². The number of carbonyl (C=O) groups excluding carboxylic acids is 1. The fourth-order valence-corrected chi connectivity index (χ4v) is 1.78. The summed E-state index contributed by atoms with van der Waals surface area (Å²) in [6.07, 6.45) is 1.31. The molecule has 0 aromatic heterocycles. The molecule has 1 aromatic rings. The first-order chi connectivity index (χ1) is 8.02. The van der Waals surface area contributed by atoms with Gasteiger partial charge in [-0.1, -0.05) is 23.8 Å². The molecule has 4 heteroatoms. The predicted octanol–water partition coefficient (Wildman–Crippen LogP) is 2.12. The van der Waals surface area contributed by atoms with E-state index in [2.05, 4.69) is 37.4 Å². The Balaban J connectivity index is 0.00000289. The van der Waals surface area contributed by atoms with Gasteiger partial charge in [-0.25, -0.2) is 0 Å². The van der Waals surface area contributed by atoms with E-state index in [4.69, 9.17) is 5.73 Å². The second kappa shape index (κ2) is 8.11. The molecule has 1 atom stereocenters. The van der Waals surface area contributed by atoms with Crippen molar-refractivity contribution in [1.29, 1.82) is 0 Å². The molecule has 0 saturated carbocycles. The van der Waals surface area contributed by atoms with Gasteiger partial charge < -0.3 is 11.1 Å². The van der Waals surface area contributed by atoms with Crippen molar-refractivity contribution >= 4 is 18.3 Å². The first kappa shape index (κ1) is 16.9. The average Bonchev–Trinajstić information content (AvgIpc) is 2.27. The number of benzene rings is 1. The molecule has 0 aliphatic heterocycles. The number of amides is 1. The third-order valence-corrected chi connectivity index (χ3v) is 2.88. The van der Waals surface area contributed by atoms with Gasteiger partial charge in [0.2, 0.25) is 5.91 Å². The Labute approximate surface area is 116 Å². The second-order valence-electron chi connectivity index (χ2n) is 4.63. The molecular weight excluding hydrogens is 248 g/mol. The van der Waals surface area contributed by atoms with Crippen LogP contribution in [0.2, 0.25) is 0 Å². The number of carbonyl (C=O) groups is 1. The zero-order chi connectivity index (χ0) is 12.8. The second-order valence-corrected chi connectivity index (χ2v) is 4.63. The van der Waals surface area contributed by atoms with Gasteiger partial charge >= 0.3 is 0 Å². The molecule has 1 amide bonds. The Morgan fingerprint density at radius 3 is 2.61 bits per heavy atom. The fraction of sp³-hybridized carbons (Fsp3) is 0.500. The lowest BCUT2D eigenvalue weighted by atomic mass is 10.0. The van der Waals surface area contributed by atoms with Gasteiger partial charge in [0.1, 0.15) is 0 Å². The SMILES string of the molecule is Cc1ccc(CCC(=O)N[C@@H](C)CN)c(C)c1.Cl. The van der Waals surface area contributed by atoms with Crippen LogP contribution in [0.5, 0.6) is 0 Å². The van der Waals surface area contributed by atoms with E-state index in [1.165, 1.54) is 16.7 Å². The lowest BCUT2D eigenvalue weighted by Crippen LogP contribution is -2.37. The van der Waals surface area contributed by atoms with E-state index in [1.54, 1.807) is 0 Å². The fourth-order valence-electron chi connectivity index (χ4n) is 1.78. The molecule has 1 aromatic carbocycles. The molecule has 0 radical (unpaired) electrons. The van der Waals surface area contributed by atoms with Crippen molar-refractivity contribution in [2.45, 2.75) is 39.7 Å². The number of aryl methyl sites for hydroxylation is 3. The molecule has 0 spiro atoms. The number of hydrogen-bond acceptors (Lipinski definition) is 2. The van der Waals surface area contributed by atoms with Gasteiger partial charge in [0, 0.05) is 19.0 Å². The Bertz CT molecular complexity index is 393. The quantitative estimate of drug-likeness (QED) is 0.861. The van der Waals surface area contributed by atoms with Crippen molar-refractivity contribution in [1.82, 2.24) is 5.32 Å². The molecule has 0 aliphatic rings. The monoisotopic (exact) mass is 270 g/mol. The summed E-state index contributed by atoms with van der Waals surface area (Å²) >= 11 is 0. The summed E-state index contributed by atoms with van der Waals surface area (Å²) in [5, 5.41) is 2.87. The standard InChI is InChI=1S/C14H22N2O.ClH/c1-10-4-5-13(11(2)8-10)6-7-14(17)16-12(3)9-15;/h4-5,8,12H,6-7,9,15H2,1-3H3,(H,16,17);1H/t12-;/m0./s1. The maximum absolute atomic E-state index is 11.6. The van der Waals surface area contributed by atoms with Crippen molar-refractivity contribution in [2.24, 2.45) is 5.73 Å². The third-order valence-electron chi connectivity index (χ3n) is 2.88. The molecule has 3 N–H and O–H groups in total. The summed E-state index contributed by atoms with van der Waals surface area (Å²) in [5.74, 6) is 0.0722. The van der Waals surface area contributed by atoms with Gasteiger partial charge in [0.25, 0.3) is 0 Å². The summed E-state index contributed by atoms with van der Waals surface area (Å²) < 4.78 is 0. The minimum absolute atomic E-state index is 0. The topological polar surface area (TPSA) is 55.1 Å². The molecule has 102 valence electrons. The van der Waals surface area contributed by atoms with E-state index in [0.717, 1.165) is 6.42 Å². The number of rotatable bonds is 5. The van der Waals surface area contributed by atoms with E-state index in [1.807, 2.05) is 6.92 Å². The lowest BCUT2D eigenvalue weighted by molar-refractivity contribution is -0.121. The first-order valence-electron chi connectivity index (χ1n) is 6.08. The molecule has 0 fully saturated rings. The van der Waals surface area contributed by atoms with Gasteiger partial charge in [-0.3, -0.25) is 4.79 Å². The third kappa shape index (κ3) is 5.52. The summed E-state index contributed by atoms with van der Waals surface area (Å²) in [4.78, 5) is 11.6. The van der Waals surface area contributed by atoms with Crippen molar-refractivity contribution in [3.63, 3.8) is 0 Å². The van der Waals surface area contributed by atoms with Crippen LogP contribution in [0.3, 0.4) is 0 Å². The minimum Gasteiger partial charge on any atom is -0.352 e. The Kier molecular flexibility index (Phi) is 7.64. The van der Waals surface area contributed by atoms with Crippen molar-refractivity contribution in [2.75, 3.05) is 6.54 Å². The summed E-state index contributed by atoms with van der Waals surface area (Å²) in [7, 11) is 0. The maximum atomic E-state index is 11.6. The van der Waals surface area contributed by atoms with E-state index in [-0.39, 0.29) is 24.4 Å². The van der Waals surface area contributed by atoms with Crippen LogP contribution in [0.15, 0.2) is 18.2 Å². The van der Waals surface area contributed by atoms with Gasteiger partial charge in [0.05, 0.1) is 0 Å². The molecule has 0 unspecified atom stereocenters. The van der Waals surface area contributed by atoms with Crippen molar-refractivity contribution in [3.05, 3.63) is 34.9 Å². The van der Waals surface area contributed by atoms with Crippen LogP contribution >= 0.6 is 12.4 Å². The molecule has 0 heterocycles. The molecule has 0 aliphatic carbocycles. The lowest BCUT2D eigenvalue weighted by Gasteiger charge is -2.12. The number of hydrogen-bond donors (Lipinski definition) is 2. The molecule has 18 heavy (non-hydrogen) atoms. The van der Waals surface area contributed by atoms with Crippen molar-refractivity contribution < 1.29 is 4.79 Å². The molecular formula is C14H23ClN2O. The summed E-state index contributed by atoms with van der Waals surface area (Å²) in [6.45, 7) is 6.56. The summed E-state index contributed by atoms with van der Waals surface area (Å²) in [5.41, 5.74) is 9.21. The van der Waals surface area contributed by atoms with Crippen LogP contribution in [0.25, 0.3) is 0 Å². The highest BCUT2D eigenvalue weighted by atomic mass is 35.5. The molecule has 0 saturated heterocycles. The number of halogens is 1. The van der Waals surface area contributed by atoms with E-state index < -0.39 is 0 Å². The van der Waals surface area contributed by atoms with Crippen LogP contribution in [-0.4, -0.2) is 18.5 Å². The maximum Gasteiger partial charge on any atom is 0.220 e.